The Morgan fingerprint density at radius 1 is 1.03 bits per heavy atom. The average molecular weight is 453 g/mol. The van der Waals surface area contributed by atoms with Crippen molar-refractivity contribution >= 4 is 16.8 Å². The SMILES string of the molecule is CCc1cccc2c(C(CC(=O)N3CCc4ccccc4C3)c3ccc4c(c3)OCO4)c[nH]c12. The summed E-state index contributed by atoms with van der Waals surface area (Å²) in [5.74, 6) is 1.60. The lowest BCUT2D eigenvalue weighted by atomic mass is 9.87. The van der Waals surface area contributed by atoms with Crippen LogP contribution in [0.5, 0.6) is 11.5 Å². The highest BCUT2D eigenvalue weighted by Gasteiger charge is 2.28. The van der Waals surface area contributed by atoms with Crippen LogP contribution in [0.2, 0.25) is 0 Å². The number of H-pyrrole nitrogens is 1. The second-order valence-electron chi connectivity index (χ2n) is 9.14. The number of rotatable bonds is 5. The maximum Gasteiger partial charge on any atom is 0.231 e. The molecule has 1 aromatic heterocycles. The number of nitrogens with zero attached hydrogens (tertiary/aromatic N) is 1. The molecule has 1 atom stereocenters. The second kappa shape index (κ2) is 8.56. The zero-order chi connectivity index (χ0) is 23.1. The van der Waals surface area contributed by atoms with Crippen molar-refractivity contribution in [1.82, 2.24) is 9.88 Å². The molecule has 6 rings (SSSR count). The van der Waals surface area contributed by atoms with E-state index in [2.05, 4.69) is 66.6 Å². The molecule has 172 valence electrons. The molecule has 0 fully saturated rings. The highest BCUT2D eigenvalue weighted by atomic mass is 16.7. The number of aryl methyl sites for hydroxylation is 1. The van der Waals surface area contributed by atoms with Gasteiger partial charge in [0.15, 0.2) is 11.5 Å². The number of hydrogen-bond donors (Lipinski definition) is 1. The van der Waals surface area contributed by atoms with E-state index < -0.39 is 0 Å². The third kappa shape index (κ3) is 3.61. The van der Waals surface area contributed by atoms with Gasteiger partial charge in [0.25, 0.3) is 0 Å². The van der Waals surface area contributed by atoms with Gasteiger partial charge in [-0.25, -0.2) is 0 Å². The molecule has 1 N–H and O–H groups in total. The number of nitrogens with one attached hydrogen (secondary N) is 1. The van der Waals surface area contributed by atoms with Gasteiger partial charge in [-0.3, -0.25) is 4.79 Å². The largest absolute Gasteiger partial charge is 0.454 e. The first-order valence-electron chi connectivity index (χ1n) is 12.0. The fourth-order valence-corrected chi connectivity index (χ4v) is 5.37. The first-order chi connectivity index (χ1) is 16.7. The van der Waals surface area contributed by atoms with Crippen molar-refractivity contribution in [3.63, 3.8) is 0 Å². The number of carbonyl (C=O) groups excluding carboxylic acids is 1. The third-order valence-electron chi connectivity index (χ3n) is 7.25. The molecule has 0 spiro atoms. The molecule has 2 aliphatic rings. The molecular formula is C29H28N2O3. The first kappa shape index (κ1) is 20.8. The van der Waals surface area contributed by atoms with Crippen molar-refractivity contribution in [2.45, 2.75) is 38.6 Å². The molecule has 3 heterocycles. The molecule has 3 aromatic carbocycles. The number of hydrogen-bond acceptors (Lipinski definition) is 3. The zero-order valence-corrected chi connectivity index (χ0v) is 19.3. The smallest absolute Gasteiger partial charge is 0.231 e. The lowest BCUT2D eigenvalue weighted by Gasteiger charge is -2.30. The van der Waals surface area contributed by atoms with Crippen LogP contribution in [0.1, 0.15) is 47.1 Å². The van der Waals surface area contributed by atoms with Gasteiger partial charge in [0.1, 0.15) is 0 Å². The molecule has 1 amide bonds. The molecule has 0 radical (unpaired) electrons. The normalized spacial score (nSPS) is 15.4. The van der Waals surface area contributed by atoms with Gasteiger partial charge in [-0.15, -0.1) is 0 Å². The molecule has 0 saturated carbocycles. The van der Waals surface area contributed by atoms with E-state index in [9.17, 15) is 4.79 Å². The van der Waals surface area contributed by atoms with Crippen LogP contribution in [-0.2, 0) is 24.2 Å². The Kier molecular flexibility index (Phi) is 5.25. The Labute approximate surface area is 199 Å². The van der Waals surface area contributed by atoms with E-state index in [0.29, 0.717) is 13.0 Å². The van der Waals surface area contributed by atoms with Gasteiger partial charge in [0.05, 0.1) is 0 Å². The summed E-state index contributed by atoms with van der Waals surface area (Å²) in [6, 6.07) is 20.9. The van der Waals surface area contributed by atoms with Crippen LogP contribution in [0.15, 0.2) is 66.9 Å². The van der Waals surface area contributed by atoms with E-state index in [-0.39, 0.29) is 18.6 Å². The van der Waals surface area contributed by atoms with Gasteiger partial charge in [0.2, 0.25) is 12.7 Å². The lowest BCUT2D eigenvalue weighted by molar-refractivity contribution is -0.132. The molecule has 0 bridgehead atoms. The molecule has 1 unspecified atom stereocenters. The van der Waals surface area contributed by atoms with E-state index in [1.807, 2.05) is 17.0 Å². The lowest BCUT2D eigenvalue weighted by Crippen LogP contribution is -2.36. The molecule has 0 aliphatic carbocycles. The first-order valence-corrected chi connectivity index (χ1v) is 12.0. The Bertz CT molecular complexity index is 1370. The maximum atomic E-state index is 13.6. The summed E-state index contributed by atoms with van der Waals surface area (Å²) in [6.07, 6.45) is 4.35. The van der Waals surface area contributed by atoms with Crippen molar-refractivity contribution in [1.29, 1.82) is 0 Å². The number of para-hydroxylation sites is 1. The Morgan fingerprint density at radius 2 is 1.88 bits per heavy atom. The number of amides is 1. The van der Waals surface area contributed by atoms with Crippen molar-refractivity contribution in [2.75, 3.05) is 13.3 Å². The standard InChI is InChI=1S/C29H28N2O3/c1-2-19-8-5-9-23-25(16-30-29(19)23)24(21-10-11-26-27(14-21)34-18-33-26)15-28(32)31-13-12-20-6-3-4-7-22(20)17-31/h3-11,14,16,24,30H,2,12-13,15,17-18H2,1H3. The van der Waals surface area contributed by atoms with Gasteiger partial charge >= 0.3 is 0 Å². The Balaban J connectivity index is 1.37. The number of aromatic nitrogens is 1. The predicted octanol–water partition coefficient (Wildman–Crippen LogP) is 5.57. The maximum absolute atomic E-state index is 13.6. The van der Waals surface area contributed by atoms with Crippen LogP contribution >= 0.6 is 0 Å². The number of ether oxygens (including phenoxy) is 2. The van der Waals surface area contributed by atoms with E-state index in [1.165, 1.54) is 22.1 Å². The highest BCUT2D eigenvalue weighted by Crippen LogP contribution is 2.40. The van der Waals surface area contributed by atoms with Gasteiger partial charge in [0, 0.05) is 42.5 Å². The fourth-order valence-electron chi connectivity index (χ4n) is 5.37. The fraction of sp³-hybridized carbons (Fsp3) is 0.276. The molecule has 5 nitrogen and oxygen atoms in total. The average Bonchev–Trinajstić information content (AvgIpc) is 3.53. The molecule has 2 aliphatic heterocycles. The molecule has 5 heteroatoms. The highest BCUT2D eigenvalue weighted by molar-refractivity contribution is 5.88. The van der Waals surface area contributed by atoms with Crippen LogP contribution in [0, 0.1) is 0 Å². The van der Waals surface area contributed by atoms with Crippen LogP contribution < -0.4 is 9.47 Å². The van der Waals surface area contributed by atoms with Gasteiger partial charge in [-0.1, -0.05) is 55.5 Å². The van der Waals surface area contributed by atoms with Crippen molar-refractivity contribution in [3.05, 3.63) is 94.7 Å². The van der Waals surface area contributed by atoms with E-state index in [1.54, 1.807) is 0 Å². The number of benzene rings is 3. The molecule has 0 saturated heterocycles. The number of fused-ring (bicyclic) bond motifs is 3. The summed E-state index contributed by atoms with van der Waals surface area (Å²) in [4.78, 5) is 19.1. The topological polar surface area (TPSA) is 54.6 Å². The summed E-state index contributed by atoms with van der Waals surface area (Å²) in [7, 11) is 0. The molecule has 4 aromatic rings. The van der Waals surface area contributed by atoms with E-state index in [0.717, 1.165) is 47.5 Å². The Hall–Kier alpha value is -3.73. The molecule has 34 heavy (non-hydrogen) atoms. The Morgan fingerprint density at radius 3 is 2.76 bits per heavy atom. The van der Waals surface area contributed by atoms with Gasteiger partial charge in [-0.05, 0) is 52.8 Å². The van der Waals surface area contributed by atoms with Crippen molar-refractivity contribution in [3.8, 4) is 11.5 Å². The van der Waals surface area contributed by atoms with Crippen molar-refractivity contribution in [2.24, 2.45) is 0 Å². The number of carbonyl (C=O) groups is 1. The van der Waals surface area contributed by atoms with Gasteiger partial charge in [-0.2, -0.15) is 0 Å². The number of aromatic amines is 1. The summed E-state index contributed by atoms with van der Waals surface area (Å²) in [5.41, 5.74) is 7.26. The van der Waals surface area contributed by atoms with E-state index >= 15 is 0 Å². The van der Waals surface area contributed by atoms with Crippen molar-refractivity contribution < 1.29 is 14.3 Å². The summed E-state index contributed by atoms with van der Waals surface area (Å²) in [6.45, 7) is 3.85. The van der Waals surface area contributed by atoms with Crippen LogP contribution in [0.3, 0.4) is 0 Å². The minimum Gasteiger partial charge on any atom is -0.454 e. The van der Waals surface area contributed by atoms with E-state index in [4.69, 9.17) is 9.47 Å². The van der Waals surface area contributed by atoms with Gasteiger partial charge < -0.3 is 19.4 Å². The van der Waals surface area contributed by atoms with Crippen LogP contribution in [-0.4, -0.2) is 29.1 Å². The zero-order valence-electron chi connectivity index (χ0n) is 19.3. The molecular weight excluding hydrogens is 424 g/mol. The quantitative estimate of drug-likeness (QED) is 0.431. The second-order valence-corrected chi connectivity index (χ2v) is 9.14. The summed E-state index contributed by atoms with van der Waals surface area (Å²) < 4.78 is 11.2. The minimum atomic E-state index is -0.0833. The van der Waals surface area contributed by atoms with Crippen LogP contribution in [0.4, 0.5) is 0 Å². The monoisotopic (exact) mass is 452 g/mol. The van der Waals surface area contributed by atoms with Crippen LogP contribution in [0.25, 0.3) is 10.9 Å². The summed E-state index contributed by atoms with van der Waals surface area (Å²) in [5, 5.41) is 1.18. The third-order valence-corrected chi connectivity index (χ3v) is 7.25. The predicted molar refractivity (Wildman–Crippen MR) is 132 cm³/mol. The minimum absolute atomic E-state index is 0.0833. The summed E-state index contributed by atoms with van der Waals surface area (Å²) >= 11 is 0.